The summed E-state index contributed by atoms with van der Waals surface area (Å²) in [5.74, 6) is 2.42. The van der Waals surface area contributed by atoms with Gasteiger partial charge >= 0.3 is 0 Å². The first-order valence-corrected chi connectivity index (χ1v) is 9.87. The lowest BCUT2D eigenvalue weighted by Crippen LogP contribution is -2.37. The van der Waals surface area contributed by atoms with Gasteiger partial charge in [-0.3, -0.25) is 0 Å². The summed E-state index contributed by atoms with van der Waals surface area (Å²) in [6, 6.07) is 16.2. The number of nitrogens with zero attached hydrogens (tertiary/aromatic N) is 1. The number of halogens is 1. The minimum absolute atomic E-state index is 0. The summed E-state index contributed by atoms with van der Waals surface area (Å²) in [5, 5.41) is 6.66. The minimum atomic E-state index is 0. The number of hydrogen-bond acceptors (Lipinski definition) is 4. The fourth-order valence-corrected chi connectivity index (χ4v) is 2.85. The zero-order valence-corrected chi connectivity index (χ0v) is 19.2. The predicted octanol–water partition coefficient (Wildman–Crippen LogP) is 4.09. The Balaban J connectivity index is 0.00000300. The van der Waals surface area contributed by atoms with Gasteiger partial charge in [0.1, 0.15) is 0 Å². The van der Waals surface area contributed by atoms with E-state index in [1.807, 2.05) is 36.4 Å². The summed E-state index contributed by atoms with van der Waals surface area (Å²) in [6.07, 6.45) is 2.05. The van der Waals surface area contributed by atoms with E-state index in [0.717, 1.165) is 55.6 Å². The number of unbranched alkanes of at least 4 members (excludes halogenated alkanes) is 1. The molecule has 0 unspecified atom stereocenters. The number of aliphatic imine (C=N–C) groups is 1. The van der Waals surface area contributed by atoms with Crippen LogP contribution in [0.15, 0.2) is 53.5 Å². The van der Waals surface area contributed by atoms with Crippen LogP contribution in [0.3, 0.4) is 0 Å². The van der Waals surface area contributed by atoms with Crippen molar-refractivity contribution in [3.8, 4) is 11.5 Å². The maximum atomic E-state index is 5.72. The van der Waals surface area contributed by atoms with E-state index in [4.69, 9.17) is 14.2 Å². The van der Waals surface area contributed by atoms with Crippen LogP contribution < -0.4 is 20.1 Å². The van der Waals surface area contributed by atoms with Crippen LogP contribution in [0.5, 0.6) is 11.5 Å². The molecular weight excluding hydrogens is 481 g/mol. The van der Waals surface area contributed by atoms with Crippen molar-refractivity contribution in [2.45, 2.75) is 32.9 Å². The Bertz CT molecular complexity index is 756. The molecule has 0 aliphatic carbocycles. The van der Waals surface area contributed by atoms with Gasteiger partial charge < -0.3 is 24.8 Å². The first-order valence-electron chi connectivity index (χ1n) is 9.87. The van der Waals surface area contributed by atoms with Gasteiger partial charge in [-0.2, -0.15) is 0 Å². The molecule has 0 saturated carbocycles. The van der Waals surface area contributed by atoms with Crippen LogP contribution in [-0.4, -0.2) is 32.4 Å². The van der Waals surface area contributed by atoms with Crippen LogP contribution in [0.25, 0.3) is 0 Å². The summed E-state index contributed by atoms with van der Waals surface area (Å²) in [7, 11) is 0. The van der Waals surface area contributed by atoms with Crippen molar-refractivity contribution >= 4 is 29.9 Å². The largest absolute Gasteiger partial charge is 0.454 e. The second-order valence-electron chi connectivity index (χ2n) is 6.55. The Morgan fingerprint density at radius 3 is 2.66 bits per heavy atom. The number of ether oxygens (including phenoxy) is 3. The summed E-state index contributed by atoms with van der Waals surface area (Å²) in [5.41, 5.74) is 2.31. The van der Waals surface area contributed by atoms with Crippen molar-refractivity contribution in [1.82, 2.24) is 10.6 Å². The molecule has 2 N–H and O–H groups in total. The molecule has 1 aliphatic heterocycles. The molecule has 158 valence electrons. The molecule has 3 rings (SSSR count). The Kier molecular flexibility index (Phi) is 10.6. The summed E-state index contributed by atoms with van der Waals surface area (Å²) in [6.45, 7) is 6.08. The standard InChI is InChI=1S/C22H29N3O3.HI/c1-2-23-22(25-15-19-10-11-20-21(14-19)28-17-27-20)24-12-6-7-13-26-16-18-8-4-3-5-9-18;/h3-5,8-11,14H,2,6-7,12-13,15-17H2,1H3,(H2,23,24,25);1H. The Morgan fingerprint density at radius 2 is 1.83 bits per heavy atom. The molecule has 1 aliphatic rings. The molecule has 2 aromatic rings. The fourth-order valence-electron chi connectivity index (χ4n) is 2.85. The van der Waals surface area contributed by atoms with Gasteiger partial charge in [0.15, 0.2) is 17.5 Å². The molecule has 2 aromatic carbocycles. The van der Waals surface area contributed by atoms with Gasteiger partial charge in [-0.15, -0.1) is 24.0 Å². The fraction of sp³-hybridized carbons (Fsp3) is 0.409. The molecule has 29 heavy (non-hydrogen) atoms. The average molecular weight is 511 g/mol. The van der Waals surface area contributed by atoms with Crippen molar-refractivity contribution in [2.75, 3.05) is 26.5 Å². The third-order valence-corrected chi connectivity index (χ3v) is 4.32. The molecule has 0 aromatic heterocycles. The molecule has 0 fully saturated rings. The molecule has 7 heteroatoms. The second kappa shape index (κ2) is 13.3. The van der Waals surface area contributed by atoms with Crippen molar-refractivity contribution in [2.24, 2.45) is 4.99 Å². The van der Waals surface area contributed by atoms with Gasteiger partial charge in [0.05, 0.1) is 13.2 Å². The molecule has 0 saturated heterocycles. The number of rotatable bonds is 10. The van der Waals surface area contributed by atoms with Crippen LogP contribution in [0.4, 0.5) is 0 Å². The van der Waals surface area contributed by atoms with E-state index < -0.39 is 0 Å². The first-order chi connectivity index (χ1) is 13.8. The predicted molar refractivity (Wildman–Crippen MR) is 126 cm³/mol. The maximum Gasteiger partial charge on any atom is 0.231 e. The maximum absolute atomic E-state index is 5.72. The highest BCUT2D eigenvalue weighted by Gasteiger charge is 2.12. The molecule has 0 atom stereocenters. The van der Waals surface area contributed by atoms with E-state index in [1.165, 1.54) is 5.56 Å². The molecule has 1 heterocycles. The quantitative estimate of drug-likeness (QED) is 0.218. The molecule has 0 radical (unpaired) electrons. The molecule has 0 bridgehead atoms. The molecule has 0 amide bonds. The SMILES string of the molecule is CCNC(=NCc1ccc2c(c1)OCO2)NCCCCOCc1ccccc1.I. The third-order valence-electron chi connectivity index (χ3n) is 4.32. The van der Waals surface area contributed by atoms with Gasteiger partial charge in [-0.1, -0.05) is 36.4 Å². The van der Waals surface area contributed by atoms with E-state index in [9.17, 15) is 0 Å². The second-order valence-corrected chi connectivity index (χ2v) is 6.55. The van der Waals surface area contributed by atoms with Gasteiger partial charge in [-0.05, 0) is 43.0 Å². The van der Waals surface area contributed by atoms with Crippen molar-refractivity contribution in [1.29, 1.82) is 0 Å². The van der Waals surface area contributed by atoms with Crippen LogP contribution in [-0.2, 0) is 17.9 Å². The highest BCUT2D eigenvalue weighted by atomic mass is 127. The Hall–Kier alpha value is -2.00. The lowest BCUT2D eigenvalue weighted by Gasteiger charge is -2.11. The van der Waals surface area contributed by atoms with E-state index in [-0.39, 0.29) is 24.0 Å². The lowest BCUT2D eigenvalue weighted by atomic mass is 10.2. The Morgan fingerprint density at radius 1 is 1.00 bits per heavy atom. The zero-order chi connectivity index (χ0) is 19.4. The van der Waals surface area contributed by atoms with Crippen LogP contribution in [0.1, 0.15) is 30.9 Å². The van der Waals surface area contributed by atoms with Crippen molar-refractivity contribution < 1.29 is 14.2 Å². The topological polar surface area (TPSA) is 64.1 Å². The van der Waals surface area contributed by atoms with E-state index in [2.05, 4.69) is 34.7 Å². The number of hydrogen-bond donors (Lipinski definition) is 2. The van der Waals surface area contributed by atoms with Gasteiger partial charge in [0.25, 0.3) is 0 Å². The van der Waals surface area contributed by atoms with Gasteiger partial charge in [0.2, 0.25) is 6.79 Å². The molecular formula is C22H30IN3O3. The highest BCUT2D eigenvalue weighted by molar-refractivity contribution is 14.0. The third kappa shape index (κ3) is 8.10. The van der Waals surface area contributed by atoms with E-state index >= 15 is 0 Å². The van der Waals surface area contributed by atoms with Gasteiger partial charge in [-0.25, -0.2) is 4.99 Å². The van der Waals surface area contributed by atoms with Crippen LogP contribution in [0, 0.1) is 0 Å². The first kappa shape index (κ1) is 23.3. The zero-order valence-electron chi connectivity index (χ0n) is 16.9. The Labute approximate surface area is 190 Å². The van der Waals surface area contributed by atoms with Crippen LogP contribution >= 0.6 is 24.0 Å². The average Bonchev–Trinajstić information content (AvgIpc) is 3.20. The monoisotopic (exact) mass is 511 g/mol. The number of benzene rings is 2. The van der Waals surface area contributed by atoms with Crippen molar-refractivity contribution in [3.05, 3.63) is 59.7 Å². The summed E-state index contributed by atoms with van der Waals surface area (Å²) in [4.78, 5) is 4.65. The smallest absolute Gasteiger partial charge is 0.231 e. The van der Waals surface area contributed by atoms with Crippen LogP contribution in [0.2, 0.25) is 0 Å². The lowest BCUT2D eigenvalue weighted by molar-refractivity contribution is 0.117. The number of guanidine groups is 1. The number of nitrogens with one attached hydrogen (secondary N) is 2. The highest BCUT2D eigenvalue weighted by Crippen LogP contribution is 2.32. The van der Waals surface area contributed by atoms with E-state index in [0.29, 0.717) is 19.9 Å². The minimum Gasteiger partial charge on any atom is -0.454 e. The molecule has 6 nitrogen and oxygen atoms in total. The summed E-state index contributed by atoms with van der Waals surface area (Å²) < 4.78 is 16.5. The van der Waals surface area contributed by atoms with Gasteiger partial charge in [0, 0.05) is 19.7 Å². The van der Waals surface area contributed by atoms with Crippen molar-refractivity contribution in [3.63, 3.8) is 0 Å². The molecule has 0 spiro atoms. The normalized spacial score (nSPS) is 12.4. The van der Waals surface area contributed by atoms with E-state index in [1.54, 1.807) is 0 Å². The summed E-state index contributed by atoms with van der Waals surface area (Å²) >= 11 is 0. The number of fused-ring (bicyclic) bond motifs is 1.